The first-order valence-electron chi connectivity index (χ1n) is 5.23. The van der Waals surface area contributed by atoms with Crippen LogP contribution in [-0.4, -0.2) is 47.3 Å². The number of aliphatic carboxylic acids is 2. The molecule has 8 nitrogen and oxygen atoms in total. The van der Waals surface area contributed by atoms with Gasteiger partial charge in [0.2, 0.25) is 0 Å². The van der Waals surface area contributed by atoms with Crippen LogP contribution in [-0.2, 0) is 9.59 Å². The number of carbonyl (C=O) groups is 2. The van der Waals surface area contributed by atoms with Crippen LogP contribution in [0.25, 0.3) is 0 Å². The van der Waals surface area contributed by atoms with Gasteiger partial charge < -0.3 is 20.8 Å². The van der Waals surface area contributed by atoms with E-state index in [-0.39, 0.29) is 12.1 Å². The van der Waals surface area contributed by atoms with Gasteiger partial charge >= 0.3 is 11.9 Å². The van der Waals surface area contributed by atoms with Crippen LogP contribution in [0, 0.1) is 22.7 Å². The van der Waals surface area contributed by atoms with E-state index in [2.05, 4.69) is 22.8 Å². The molecule has 98 valence electrons. The minimum absolute atomic E-state index is 0.171. The summed E-state index contributed by atoms with van der Waals surface area (Å²) in [6, 6.07) is 4.52. The predicted octanol–water partition coefficient (Wildman–Crippen LogP) is -1.10. The lowest BCUT2D eigenvalue weighted by Gasteiger charge is -2.19. The molecule has 4 N–H and O–H groups in total. The highest BCUT2D eigenvalue weighted by Gasteiger charge is 2.13. The molecular formula is C10H14N4O4. The third kappa shape index (κ3) is 7.17. The first kappa shape index (κ1) is 15.8. The van der Waals surface area contributed by atoms with Crippen LogP contribution in [0.15, 0.2) is 0 Å². The van der Waals surface area contributed by atoms with Crippen molar-refractivity contribution in [2.75, 3.05) is 13.1 Å². The molecule has 0 aromatic heterocycles. The van der Waals surface area contributed by atoms with Crippen molar-refractivity contribution in [3.63, 3.8) is 0 Å². The summed E-state index contributed by atoms with van der Waals surface area (Å²) in [7, 11) is 0. The van der Waals surface area contributed by atoms with Crippen LogP contribution < -0.4 is 10.6 Å². The van der Waals surface area contributed by atoms with Crippen molar-refractivity contribution in [2.45, 2.75) is 24.9 Å². The van der Waals surface area contributed by atoms with E-state index in [4.69, 9.17) is 30.3 Å². The van der Waals surface area contributed by atoms with Crippen molar-refractivity contribution in [3.8, 4) is 12.1 Å². The third-order valence-corrected chi connectivity index (χ3v) is 2.14. The highest BCUT2D eigenvalue weighted by molar-refractivity contribution is 6.27. The number of hydrogen-bond acceptors (Lipinski definition) is 6. The number of carboxylic acids is 2. The molecule has 0 amide bonds. The molecular weight excluding hydrogens is 240 g/mol. The fraction of sp³-hybridized carbons (Fsp3) is 0.600. The zero-order valence-corrected chi connectivity index (χ0v) is 9.59. The maximum Gasteiger partial charge on any atom is 0.414 e. The molecule has 2 fully saturated rings. The third-order valence-electron chi connectivity index (χ3n) is 2.14. The van der Waals surface area contributed by atoms with Crippen molar-refractivity contribution in [1.82, 2.24) is 10.6 Å². The maximum atomic E-state index is 9.10. The monoisotopic (exact) mass is 254 g/mol. The fourth-order valence-corrected chi connectivity index (χ4v) is 0.798. The van der Waals surface area contributed by atoms with E-state index >= 15 is 0 Å². The largest absolute Gasteiger partial charge is 0.473 e. The van der Waals surface area contributed by atoms with E-state index < -0.39 is 11.9 Å². The normalized spacial score (nSPS) is 23.0. The average Bonchev–Trinajstić information content (AvgIpc) is 2.15. The zero-order chi connectivity index (χ0) is 14.0. The topological polar surface area (TPSA) is 146 Å². The van der Waals surface area contributed by atoms with Gasteiger partial charge in [-0.1, -0.05) is 0 Å². The van der Waals surface area contributed by atoms with Crippen LogP contribution >= 0.6 is 0 Å². The van der Waals surface area contributed by atoms with Crippen LogP contribution in [0.1, 0.15) is 12.8 Å². The van der Waals surface area contributed by atoms with Gasteiger partial charge in [0.05, 0.1) is 24.2 Å². The smallest absolute Gasteiger partial charge is 0.414 e. The van der Waals surface area contributed by atoms with Gasteiger partial charge in [-0.2, -0.15) is 10.5 Å². The lowest BCUT2D eigenvalue weighted by molar-refractivity contribution is -0.159. The van der Waals surface area contributed by atoms with Gasteiger partial charge in [0, 0.05) is 0 Å². The van der Waals surface area contributed by atoms with Gasteiger partial charge in [0.25, 0.3) is 0 Å². The number of nitriles is 2. The highest BCUT2D eigenvalue weighted by Crippen LogP contribution is 1.97. The van der Waals surface area contributed by atoms with Crippen molar-refractivity contribution >= 4 is 11.9 Å². The standard InChI is InChI=1S/2C4H6N2.C2H2O4/c2*5-3-4-1-2-6-4;3-1(4)2(5)6/h2*4,6H,1-2H2;(H,3,4)(H,5,6). The number of nitrogens with zero attached hydrogens (tertiary/aromatic N) is 2. The summed E-state index contributed by atoms with van der Waals surface area (Å²) in [5.74, 6) is -3.65. The Morgan fingerprint density at radius 3 is 1.22 bits per heavy atom. The van der Waals surface area contributed by atoms with Crippen LogP contribution in [0.4, 0.5) is 0 Å². The molecule has 0 saturated carbocycles. The first-order valence-corrected chi connectivity index (χ1v) is 5.23. The van der Waals surface area contributed by atoms with E-state index in [9.17, 15) is 0 Å². The molecule has 2 unspecified atom stereocenters. The molecule has 2 aliphatic heterocycles. The Hall–Kier alpha value is -2.16. The number of carboxylic acid groups (broad SMARTS) is 2. The Kier molecular flexibility index (Phi) is 7.86. The molecule has 0 spiro atoms. The zero-order valence-electron chi connectivity index (χ0n) is 9.59. The second-order valence-corrected chi connectivity index (χ2v) is 3.46. The van der Waals surface area contributed by atoms with Crippen molar-refractivity contribution in [2.24, 2.45) is 0 Å². The van der Waals surface area contributed by atoms with Gasteiger partial charge in [-0.25, -0.2) is 9.59 Å². The van der Waals surface area contributed by atoms with Crippen molar-refractivity contribution in [1.29, 1.82) is 10.5 Å². The summed E-state index contributed by atoms with van der Waals surface area (Å²) in [6.45, 7) is 2.05. The summed E-state index contributed by atoms with van der Waals surface area (Å²) in [6.07, 6.45) is 2.08. The average molecular weight is 254 g/mol. The molecule has 2 atom stereocenters. The summed E-state index contributed by atoms with van der Waals surface area (Å²) < 4.78 is 0. The molecule has 0 radical (unpaired) electrons. The molecule has 0 aromatic carbocycles. The second kappa shape index (κ2) is 8.93. The van der Waals surface area contributed by atoms with Crippen LogP contribution in [0.5, 0.6) is 0 Å². The molecule has 0 aromatic rings. The lowest BCUT2D eigenvalue weighted by atomic mass is 10.1. The predicted molar refractivity (Wildman–Crippen MR) is 59.3 cm³/mol. The Bertz CT molecular complexity index is 327. The Balaban J connectivity index is 0.000000241. The Morgan fingerprint density at radius 1 is 0.944 bits per heavy atom. The van der Waals surface area contributed by atoms with E-state index in [0.717, 1.165) is 25.9 Å². The molecule has 0 aliphatic carbocycles. The minimum Gasteiger partial charge on any atom is -0.473 e. The van der Waals surface area contributed by atoms with Gasteiger partial charge in [-0.15, -0.1) is 0 Å². The van der Waals surface area contributed by atoms with E-state index in [1.165, 1.54) is 0 Å². The van der Waals surface area contributed by atoms with E-state index in [1.54, 1.807) is 0 Å². The molecule has 2 heterocycles. The van der Waals surface area contributed by atoms with Gasteiger partial charge in [0.1, 0.15) is 0 Å². The molecule has 2 rings (SSSR count). The number of hydrogen-bond donors (Lipinski definition) is 4. The molecule has 2 aliphatic rings. The number of rotatable bonds is 0. The molecule has 8 heteroatoms. The molecule has 18 heavy (non-hydrogen) atoms. The summed E-state index contributed by atoms with van der Waals surface area (Å²) >= 11 is 0. The van der Waals surface area contributed by atoms with Crippen molar-refractivity contribution < 1.29 is 19.8 Å². The Morgan fingerprint density at radius 2 is 1.22 bits per heavy atom. The summed E-state index contributed by atoms with van der Waals surface area (Å²) in [5, 5.41) is 36.8. The fourth-order valence-electron chi connectivity index (χ4n) is 0.798. The molecule has 2 saturated heterocycles. The quantitative estimate of drug-likeness (QED) is 0.398. The van der Waals surface area contributed by atoms with Crippen LogP contribution in [0.2, 0.25) is 0 Å². The molecule has 0 bridgehead atoms. The number of nitrogens with one attached hydrogen (secondary N) is 2. The van der Waals surface area contributed by atoms with Gasteiger partial charge in [-0.3, -0.25) is 0 Å². The maximum absolute atomic E-state index is 9.10. The minimum atomic E-state index is -1.82. The Labute approximate surface area is 104 Å². The van der Waals surface area contributed by atoms with Crippen LogP contribution in [0.3, 0.4) is 0 Å². The summed E-state index contributed by atoms with van der Waals surface area (Å²) in [5.41, 5.74) is 0. The van der Waals surface area contributed by atoms with E-state index in [1.807, 2.05) is 0 Å². The van der Waals surface area contributed by atoms with Crippen molar-refractivity contribution in [3.05, 3.63) is 0 Å². The summed E-state index contributed by atoms with van der Waals surface area (Å²) in [4.78, 5) is 18.2. The van der Waals surface area contributed by atoms with E-state index in [0.29, 0.717) is 0 Å². The first-order chi connectivity index (χ1) is 8.51. The SMILES string of the molecule is N#CC1CCN1.N#CC1CCN1.O=C(O)C(=O)O. The highest BCUT2D eigenvalue weighted by atomic mass is 16.4. The van der Waals surface area contributed by atoms with Gasteiger partial charge in [-0.05, 0) is 25.9 Å². The van der Waals surface area contributed by atoms with Gasteiger partial charge in [0.15, 0.2) is 0 Å². The second-order valence-electron chi connectivity index (χ2n) is 3.46. The lowest BCUT2D eigenvalue weighted by Crippen LogP contribution is -2.41.